The fourth-order valence-electron chi connectivity index (χ4n) is 4.02. The van der Waals surface area contributed by atoms with Crippen molar-refractivity contribution in [3.05, 3.63) is 70.8 Å². The fraction of sp³-hybridized carbons (Fsp3) is 0.348. The van der Waals surface area contributed by atoms with Crippen molar-refractivity contribution in [2.75, 3.05) is 13.1 Å². The number of amides is 1. The van der Waals surface area contributed by atoms with Gasteiger partial charge in [-0.1, -0.05) is 42.5 Å². The molecule has 1 atom stereocenters. The van der Waals surface area contributed by atoms with Gasteiger partial charge in [0.05, 0.1) is 0 Å². The second kappa shape index (κ2) is 11.3. The number of nitrogens with one attached hydrogen (secondary N) is 2. The Labute approximate surface area is 211 Å². The molecule has 2 aromatic rings. The van der Waals surface area contributed by atoms with Gasteiger partial charge in [-0.05, 0) is 29.2 Å². The van der Waals surface area contributed by atoms with Crippen molar-refractivity contribution < 1.29 is 36.3 Å². The van der Waals surface area contributed by atoms with Gasteiger partial charge < -0.3 is 15.7 Å². The Morgan fingerprint density at radius 1 is 1.16 bits per heavy atom. The van der Waals surface area contributed by atoms with E-state index in [4.69, 9.17) is 21.0 Å². The first-order valence-electron chi connectivity index (χ1n) is 11.1. The molecule has 200 valence electrons. The smallest absolute Gasteiger partial charge is 0.475 e. The molecule has 10 nitrogen and oxygen atoms in total. The molecule has 0 aliphatic carbocycles. The van der Waals surface area contributed by atoms with Crippen LogP contribution in [0.15, 0.2) is 48.5 Å². The van der Waals surface area contributed by atoms with Crippen molar-refractivity contribution in [1.29, 1.82) is 5.41 Å². The van der Waals surface area contributed by atoms with E-state index < -0.39 is 28.4 Å². The number of likely N-dealkylation sites (tertiary alicyclic amines) is 1. The zero-order valence-electron chi connectivity index (χ0n) is 19.5. The lowest BCUT2D eigenvalue weighted by Crippen LogP contribution is -2.47. The summed E-state index contributed by atoms with van der Waals surface area (Å²) in [6.45, 7) is 1.43. The molecule has 5 N–H and O–H groups in total. The van der Waals surface area contributed by atoms with Gasteiger partial charge >= 0.3 is 12.1 Å². The average molecular weight is 542 g/mol. The van der Waals surface area contributed by atoms with Gasteiger partial charge in [0.2, 0.25) is 5.91 Å². The lowest BCUT2D eigenvalue weighted by molar-refractivity contribution is -0.192. The predicted molar refractivity (Wildman–Crippen MR) is 128 cm³/mol. The van der Waals surface area contributed by atoms with E-state index in [1.807, 2.05) is 30.3 Å². The van der Waals surface area contributed by atoms with Crippen LogP contribution in [0, 0.1) is 5.41 Å². The van der Waals surface area contributed by atoms with Crippen LogP contribution in [-0.2, 0) is 39.3 Å². The van der Waals surface area contributed by atoms with Crippen LogP contribution in [0.4, 0.5) is 13.2 Å². The number of nitrogens with zero attached hydrogens (tertiary/aromatic N) is 2. The minimum atomic E-state index is -5.08. The normalized spacial score (nSPS) is 18.1. The van der Waals surface area contributed by atoms with E-state index in [1.165, 1.54) is 9.87 Å². The number of halogens is 3. The van der Waals surface area contributed by atoms with Crippen molar-refractivity contribution in [2.45, 2.75) is 38.1 Å². The van der Waals surface area contributed by atoms with E-state index in [9.17, 15) is 26.4 Å². The van der Waals surface area contributed by atoms with Crippen molar-refractivity contribution >= 4 is 27.9 Å². The Morgan fingerprint density at radius 2 is 1.81 bits per heavy atom. The SMILES string of the molecule is N=C(N)c1cccc(CN2CC(NS(=O)(=O)N3CCc4ccccc4C3)CC2=O)c1.O=C(O)C(F)(F)F. The summed E-state index contributed by atoms with van der Waals surface area (Å²) in [5, 5.41) is 14.7. The molecule has 1 fully saturated rings. The minimum Gasteiger partial charge on any atom is -0.475 e. The van der Waals surface area contributed by atoms with Crippen LogP contribution < -0.4 is 10.5 Å². The molecular weight excluding hydrogens is 515 g/mol. The number of hydrogen-bond acceptors (Lipinski definition) is 5. The summed E-state index contributed by atoms with van der Waals surface area (Å²) in [6.07, 6.45) is -4.27. The molecule has 2 aromatic carbocycles. The van der Waals surface area contributed by atoms with Crippen LogP contribution in [0.5, 0.6) is 0 Å². The zero-order valence-corrected chi connectivity index (χ0v) is 20.3. The maximum Gasteiger partial charge on any atom is 0.490 e. The van der Waals surface area contributed by atoms with Gasteiger partial charge in [-0.15, -0.1) is 0 Å². The number of hydrogen-bond donors (Lipinski definition) is 4. The summed E-state index contributed by atoms with van der Waals surface area (Å²) in [4.78, 5) is 23.0. The number of nitrogens with two attached hydrogens (primary N) is 1. The standard InChI is InChI=1S/C21H25N5O3S.C2HF3O2/c22-21(23)17-7-3-4-15(10-17)12-25-14-19(11-20(25)27)24-30(28,29)26-9-8-16-5-1-2-6-18(16)13-26;3-2(4,5)1(6)7/h1-7,10,19,24H,8-9,11-14H2,(H3,22,23);(H,6,7). The van der Waals surface area contributed by atoms with Crippen molar-refractivity contribution in [1.82, 2.24) is 13.9 Å². The molecule has 1 amide bonds. The summed E-state index contributed by atoms with van der Waals surface area (Å²) in [5.41, 5.74) is 9.18. The third-order valence-corrected chi connectivity index (χ3v) is 7.44. The Kier molecular flexibility index (Phi) is 8.56. The molecule has 0 aromatic heterocycles. The minimum absolute atomic E-state index is 0.0293. The maximum atomic E-state index is 12.9. The van der Waals surface area contributed by atoms with Crippen molar-refractivity contribution in [3.8, 4) is 0 Å². The molecule has 4 rings (SSSR count). The van der Waals surface area contributed by atoms with Crippen LogP contribution in [0.3, 0.4) is 0 Å². The van der Waals surface area contributed by atoms with Gasteiger partial charge in [0.15, 0.2) is 0 Å². The van der Waals surface area contributed by atoms with Crippen molar-refractivity contribution in [2.24, 2.45) is 5.73 Å². The zero-order chi connectivity index (χ0) is 27.4. The van der Waals surface area contributed by atoms with E-state index in [0.717, 1.165) is 11.1 Å². The Morgan fingerprint density at radius 3 is 2.43 bits per heavy atom. The highest BCUT2D eigenvalue weighted by Gasteiger charge is 2.38. The summed E-state index contributed by atoms with van der Waals surface area (Å²) >= 11 is 0. The lowest BCUT2D eigenvalue weighted by atomic mass is 10.0. The topological polar surface area (TPSA) is 157 Å². The number of nitrogen functional groups attached to an aromatic ring is 1. The number of amidine groups is 1. The van der Waals surface area contributed by atoms with Crippen LogP contribution in [0.1, 0.15) is 28.7 Å². The first kappa shape index (κ1) is 28.1. The highest BCUT2D eigenvalue weighted by molar-refractivity contribution is 7.87. The van der Waals surface area contributed by atoms with E-state index in [-0.39, 0.29) is 18.2 Å². The van der Waals surface area contributed by atoms with Crippen LogP contribution in [0.25, 0.3) is 0 Å². The van der Waals surface area contributed by atoms with Crippen molar-refractivity contribution in [3.63, 3.8) is 0 Å². The van der Waals surface area contributed by atoms with Gasteiger partial charge in [0, 0.05) is 44.2 Å². The predicted octanol–water partition coefficient (Wildman–Crippen LogP) is 1.60. The summed E-state index contributed by atoms with van der Waals surface area (Å²) in [5.74, 6) is -2.88. The maximum absolute atomic E-state index is 12.9. The molecule has 14 heteroatoms. The third kappa shape index (κ3) is 7.50. The largest absolute Gasteiger partial charge is 0.490 e. The summed E-state index contributed by atoms with van der Waals surface area (Å²) < 4.78 is 61.7. The number of carboxylic acids is 1. The molecule has 0 saturated carbocycles. The Hall–Kier alpha value is -3.49. The van der Waals surface area contributed by atoms with Crippen LogP contribution >= 0.6 is 0 Å². The quantitative estimate of drug-likeness (QED) is 0.321. The number of alkyl halides is 3. The second-order valence-corrected chi connectivity index (χ2v) is 10.3. The van der Waals surface area contributed by atoms with Gasteiger partial charge in [0.1, 0.15) is 5.84 Å². The third-order valence-electron chi connectivity index (χ3n) is 5.82. The number of fused-ring (bicyclic) bond motifs is 1. The molecule has 1 unspecified atom stereocenters. The molecule has 0 bridgehead atoms. The van der Waals surface area contributed by atoms with Gasteiger partial charge in [-0.3, -0.25) is 10.2 Å². The van der Waals surface area contributed by atoms with E-state index in [2.05, 4.69) is 4.72 Å². The number of aliphatic carboxylic acids is 1. The highest BCUT2D eigenvalue weighted by Crippen LogP contribution is 2.22. The molecule has 0 spiro atoms. The number of carbonyl (C=O) groups is 2. The first-order valence-corrected chi connectivity index (χ1v) is 12.6. The monoisotopic (exact) mass is 541 g/mol. The number of rotatable bonds is 6. The van der Waals surface area contributed by atoms with Crippen LogP contribution in [-0.4, -0.2) is 65.7 Å². The van der Waals surface area contributed by atoms with E-state index in [1.54, 1.807) is 23.1 Å². The molecule has 1 saturated heterocycles. The summed E-state index contributed by atoms with van der Waals surface area (Å²) in [6, 6.07) is 14.6. The number of carbonyl (C=O) groups excluding carboxylic acids is 1. The van der Waals surface area contributed by atoms with Gasteiger partial charge in [-0.25, -0.2) is 4.79 Å². The molecule has 2 aliphatic heterocycles. The molecule has 0 radical (unpaired) electrons. The molecule has 2 heterocycles. The summed E-state index contributed by atoms with van der Waals surface area (Å²) in [7, 11) is -3.69. The van der Waals surface area contributed by atoms with E-state index in [0.29, 0.717) is 38.2 Å². The highest BCUT2D eigenvalue weighted by atomic mass is 32.2. The molecule has 2 aliphatic rings. The van der Waals surface area contributed by atoms with Gasteiger partial charge in [-0.2, -0.15) is 30.6 Å². The average Bonchev–Trinajstić information content (AvgIpc) is 3.16. The fourth-order valence-corrected chi connectivity index (χ4v) is 5.39. The Bertz CT molecular complexity index is 1290. The lowest BCUT2D eigenvalue weighted by Gasteiger charge is -2.29. The number of carboxylic acid groups (broad SMARTS) is 1. The number of benzene rings is 2. The molecule has 37 heavy (non-hydrogen) atoms. The Balaban J connectivity index is 0.000000479. The van der Waals surface area contributed by atoms with Crippen LogP contribution in [0.2, 0.25) is 0 Å². The second-order valence-electron chi connectivity index (χ2n) is 8.57. The van der Waals surface area contributed by atoms with E-state index >= 15 is 0 Å². The first-order chi connectivity index (χ1) is 17.3. The molecular formula is C23H26F3N5O5S. The van der Waals surface area contributed by atoms with Gasteiger partial charge in [0.25, 0.3) is 10.2 Å².